The van der Waals surface area contributed by atoms with Crippen LogP contribution in [0.4, 0.5) is 14.5 Å². The van der Waals surface area contributed by atoms with Gasteiger partial charge in [-0.05, 0) is 23.6 Å². The Morgan fingerprint density at radius 1 is 1.12 bits per heavy atom. The van der Waals surface area contributed by atoms with Crippen LogP contribution in [0.15, 0.2) is 42.5 Å². The zero-order valence-corrected chi connectivity index (χ0v) is 17.2. The molecule has 1 saturated carbocycles. The van der Waals surface area contributed by atoms with E-state index >= 15 is 0 Å². The van der Waals surface area contributed by atoms with Gasteiger partial charge in [-0.1, -0.05) is 36.4 Å². The van der Waals surface area contributed by atoms with E-state index in [4.69, 9.17) is 5.73 Å². The summed E-state index contributed by atoms with van der Waals surface area (Å²) in [6, 6.07) is 11.5. The average Bonchev–Trinajstić information content (AvgIpc) is 3.10. The minimum absolute atomic E-state index is 0.188. The molecule has 1 aliphatic carbocycles. The van der Waals surface area contributed by atoms with Crippen molar-refractivity contribution in [3.63, 3.8) is 0 Å². The van der Waals surface area contributed by atoms with Crippen LogP contribution >= 0.6 is 0 Å². The molecule has 7 nitrogen and oxygen atoms in total. The minimum Gasteiger partial charge on any atom is -0.381 e. The first kappa shape index (κ1) is 20.6. The number of nitrogens with two attached hydrogens (primary N) is 1. The number of benzene rings is 2. The monoisotopic (exact) mass is 440 g/mol. The lowest BCUT2D eigenvalue weighted by molar-refractivity contribution is -0.136. The molecule has 0 radical (unpaired) electrons. The molecule has 0 bridgehead atoms. The molecule has 3 aliphatic rings. The first-order valence-electron chi connectivity index (χ1n) is 10.5. The molecule has 166 valence electrons. The molecule has 2 aromatic carbocycles. The molecule has 2 atom stereocenters. The Hall–Kier alpha value is -3.33. The van der Waals surface area contributed by atoms with Crippen molar-refractivity contribution >= 4 is 23.4 Å². The quantitative estimate of drug-likeness (QED) is 0.619. The summed E-state index contributed by atoms with van der Waals surface area (Å²) < 4.78 is 27.7. The van der Waals surface area contributed by atoms with Gasteiger partial charge in [-0.3, -0.25) is 19.7 Å². The van der Waals surface area contributed by atoms with Gasteiger partial charge in [-0.15, -0.1) is 0 Å². The fourth-order valence-corrected chi connectivity index (χ4v) is 4.65. The molecule has 2 aromatic rings. The highest BCUT2D eigenvalue weighted by atomic mass is 19.3. The first-order valence-corrected chi connectivity index (χ1v) is 10.5. The van der Waals surface area contributed by atoms with Gasteiger partial charge in [0, 0.05) is 42.7 Å². The van der Waals surface area contributed by atoms with Gasteiger partial charge in [0.1, 0.15) is 11.6 Å². The molecule has 0 spiro atoms. The highest BCUT2D eigenvalue weighted by Gasteiger charge is 2.70. The Labute approximate surface area is 183 Å². The fourth-order valence-electron chi connectivity index (χ4n) is 4.65. The van der Waals surface area contributed by atoms with E-state index in [0.29, 0.717) is 22.4 Å². The number of para-hydroxylation sites is 1. The van der Waals surface area contributed by atoms with E-state index in [-0.39, 0.29) is 37.7 Å². The van der Waals surface area contributed by atoms with Crippen LogP contribution in [-0.2, 0) is 28.2 Å². The zero-order chi connectivity index (χ0) is 22.7. The average molecular weight is 440 g/mol. The zero-order valence-electron chi connectivity index (χ0n) is 17.2. The molecule has 2 heterocycles. The number of amides is 3. The second-order valence-corrected chi connectivity index (χ2v) is 8.60. The molecule has 1 saturated heterocycles. The number of fused-ring (bicyclic) bond motifs is 1. The normalized spacial score (nSPS) is 26.0. The van der Waals surface area contributed by atoms with Crippen LogP contribution in [0.5, 0.6) is 0 Å². The maximum absolute atomic E-state index is 13.9. The van der Waals surface area contributed by atoms with E-state index in [0.717, 1.165) is 5.56 Å². The highest BCUT2D eigenvalue weighted by Crippen LogP contribution is 2.58. The number of piperidine rings is 1. The number of alkyl halides is 2. The third kappa shape index (κ3) is 3.15. The number of carbonyl (C=O) groups is 3. The Morgan fingerprint density at radius 3 is 2.59 bits per heavy atom. The van der Waals surface area contributed by atoms with Crippen LogP contribution in [0.3, 0.4) is 0 Å². The van der Waals surface area contributed by atoms with Crippen LogP contribution in [0.2, 0.25) is 0 Å². The summed E-state index contributed by atoms with van der Waals surface area (Å²) in [5, 5.41) is 5.46. The molecular weight excluding hydrogens is 418 g/mol. The number of hydrogen-bond donors (Lipinski definition) is 3. The van der Waals surface area contributed by atoms with Crippen LogP contribution < -0.4 is 16.4 Å². The summed E-state index contributed by atoms with van der Waals surface area (Å²) in [5.41, 5.74) is 7.08. The SMILES string of the molecule is NC1(c2ccccc2NCc2cccc3c2C(=O)N(C2CCC(=O)NC2=O)C3)CC1(F)F. The number of carbonyl (C=O) groups excluding carboxylic acids is 3. The van der Waals surface area contributed by atoms with Gasteiger partial charge >= 0.3 is 0 Å². The van der Waals surface area contributed by atoms with Crippen molar-refractivity contribution in [2.75, 3.05) is 5.32 Å². The molecule has 9 heteroatoms. The van der Waals surface area contributed by atoms with Crippen molar-refractivity contribution in [1.29, 1.82) is 0 Å². The summed E-state index contributed by atoms with van der Waals surface area (Å²) in [6.45, 7) is 0.514. The lowest BCUT2D eigenvalue weighted by atomic mass is 10.0. The van der Waals surface area contributed by atoms with E-state index in [1.807, 2.05) is 12.1 Å². The van der Waals surface area contributed by atoms with Gasteiger partial charge in [0.25, 0.3) is 11.8 Å². The Balaban J connectivity index is 1.37. The summed E-state index contributed by atoms with van der Waals surface area (Å²) in [5.74, 6) is -4.02. The molecule has 0 aromatic heterocycles. The molecule has 3 amide bonds. The van der Waals surface area contributed by atoms with E-state index in [1.165, 1.54) is 4.90 Å². The van der Waals surface area contributed by atoms with Crippen molar-refractivity contribution in [1.82, 2.24) is 10.2 Å². The molecule has 2 fully saturated rings. The standard InChI is InChI=1S/C23H22F2N4O3/c24-23(25)12-22(23,26)15-6-1-2-7-16(15)27-10-13-4-3-5-14-11-29(21(32)19(13)14)17-8-9-18(30)28-20(17)31/h1-7,17,27H,8-12,26H2,(H,28,30,31). The van der Waals surface area contributed by atoms with Crippen molar-refractivity contribution in [2.24, 2.45) is 5.73 Å². The van der Waals surface area contributed by atoms with E-state index < -0.39 is 29.8 Å². The van der Waals surface area contributed by atoms with E-state index in [9.17, 15) is 23.2 Å². The molecule has 4 N–H and O–H groups in total. The van der Waals surface area contributed by atoms with Crippen LogP contribution in [-0.4, -0.2) is 34.6 Å². The molecule has 2 aliphatic heterocycles. The number of rotatable bonds is 5. The topological polar surface area (TPSA) is 105 Å². The van der Waals surface area contributed by atoms with Gasteiger partial charge in [0.2, 0.25) is 11.8 Å². The number of nitrogens with one attached hydrogen (secondary N) is 2. The Bertz CT molecular complexity index is 1150. The van der Waals surface area contributed by atoms with Crippen LogP contribution in [0, 0.1) is 0 Å². The first-order chi connectivity index (χ1) is 15.2. The van der Waals surface area contributed by atoms with Crippen LogP contribution in [0.25, 0.3) is 0 Å². The summed E-state index contributed by atoms with van der Waals surface area (Å²) >= 11 is 0. The minimum atomic E-state index is -2.95. The van der Waals surface area contributed by atoms with Gasteiger partial charge in [0.05, 0.1) is 0 Å². The third-order valence-corrected chi connectivity index (χ3v) is 6.54. The largest absolute Gasteiger partial charge is 0.381 e. The lowest BCUT2D eigenvalue weighted by Gasteiger charge is -2.29. The smallest absolute Gasteiger partial charge is 0.272 e. The van der Waals surface area contributed by atoms with Crippen molar-refractivity contribution in [2.45, 2.75) is 49.9 Å². The second-order valence-electron chi connectivity index (χ2n) is 8.60. The van der Waals surface area contributed by atoms with Gasteiger partial charge in [-0.25, -0.2) is 8.78 Å². The predicted molar refractivity (Wildman–Crippen MR) is 112 cm³/mol. The predicted octanol–water partition coefficient (Wildman–Crippen LogP) is 2.25. The highest BCUT2D eigenvalue weighted by molar-refractivity contribution is 6.06. The fraction of sp³-hybridized carbons (Fsp3) is 0.348. The Kier molecular flexibility index (Phi) is 4.56. The van der Waals surface area contributed by atoms with Gasteiger partial charge in [0.15, 0.2) is 0 Å². The summed E-state index contributed by atoms with van der Waals surface area (Å²) in [6.07, 6.45) is 0.0736. The maximum Gasteiger partial charge on any atom is 0.272 e. The maximum atomic E-state index is 13.9. The molecular formula is C23H22F2N4O3. The summed E-state index contributed by atoms with van der Waals surface area (Å²) in [7, 11) is 0. The number of hydrogen-bond acceptors (Lipinski definition) is 5. The lowest BCUT2D eigenvalue weighted by Crippen LogP contribution is -2.52. The van der Waals surface area contributed by atoms with Gasteiger partial charge < -0.3 is 16.0 Å². The van der Waals surface area contributed by atoms with E-state index in [1.54, 1.807) is 30.3 Å². The van der Waals surface area contributed by atoms with Crippen molar-refractivity contribution in [3.8, 4) is 0 Å². The van der Waals surface area contributed by atoms with Crippen molar-refractivity contribution in [3.05, 3.63) is 64.7 Å². The number of halogens is 2. The Morgan fingerprint density at radius 2 is 1.88 bits per heavy atom. The van der Waals surface area contributed by atoms with Gasteiger partial charge in [-0.2, -0.15) is 0 Å². The number of nitrogens with zero attached hydrogens (tertiary/aromatic N) is 1. The third-order valence-electron chi connectivity index (χ3n) is 6.54. The number of anilines is 1. The number of imide groups is 1. The summed E-state index contributed by atoms with van der Waals surface area (Å²) in [4.78, 5) is 38.4. The molecule has 5 rings (SSSR count). The second kappa shape index (κ2) is 7.09. The molecule has 32 heavy (non-hydrogen) atoms. The van der Waals surface area contributed by atoms with Crippen molar-refractivity contribution < 1.29 is 23.2 Å². The molecule has 2 unspecified atom stereocenters. The van der Waals surface area contributed by atoms with Crippen LogP contribution in [0.1, 0.15) is 46.3 Å². The van der Waals surface area contributed by atoms with E-state index in [2.05, 4.69) is 10.6 Å².